The van der Waals surface area contributed by atoms with Crippen molar-refractivity contribution in [2.45, 2.75) is 50.1 Å². The Bertz CT molecular complexity index is 1380. The van der Waals surface area contributed by atoms with Gasteiger partial charge in [0.15, 0.2) is 0 Å². The van der Waals surface area contributed by atoms with Crippen LogP contribution in [0.4, 0.5) is 22.0 Å². The van der Waals surface area contributed by atoms with Crippen molar-refractivity contribution in [3.05, 3.63) is 35.3 Å². The Kier molecular flexibility index (Phi) is 7.82. The molecule has 2 saturated heterocycles. The van der Waals surface area contributed by atoms with Gasteiger partial charge >= 0.3 is 0 Å². The summed E-state index contributed by atoms with van der Waals surface area (Å²) < 4.78 is 70.8. The zero-order valence-electron chi connectivity index (χ0n) is 20.4. The number of nitrogens with one attached hydrogen (secondary N) is 3. The van der Waals surface area contributed by atoms with Gasteiger partial charge in [0.05, 0.1) is 12.0 Å². The summed E-state index contributed by atoms with van der Waals surface area (Å²) in [6.45, 7) is -0.229. The number of halogens is 5. The van der Waals surface area contributed by atoms with Gasteiger partial charge in [0.2, 0.25) is 11.8 Å². The van der Waals surface area contributed by atoms with Crippen molar-refractivity contribution >= 4 is 28.6 Å². The van der Waals surface area contributed by atoms with Gasteiger partial charge in [-0.1, -0.05) is 0 Å². The number of carbonyl (C=O) groups is 3. The van der Waals surface area contributed by atoms with Crippen LogP contribution in [0.15, 0.2) is 18.2 Å². The van der Waals surface area contributed by atoms with Crippen LogP contribution in [-0.4, -0.2) is 58.7 Å². The number of rotatable bonds is 7. The molecule has 1 aromatic carbocycles. The number of alkyl halides is 4. The van der Waals surface area contributed by atoms with Crippen LogP contribution in [0.1, 0.15) is 48.2 Å². The Morgan fingerprint density at radius 2 is 2.03 bits per heavy atom. The van der Waals surface area contributed by atoms with Gasteiger partial charge in [-0.3, -0.25) is 14.4 Å². The van der Waals surface area contributed by atoms with Gasteiger partial charge in [0, 0.05) is 48.3 Å². The summed E-state index contributed by atoms with van der Waals surface area (Å²) in [5.41, 5.74) is -1.10. The molecule has 8 nitrogen and oxygen atoms in total. The van der Waals surface area contributed by atoms with Gasteiger partial charge in [0.25, 0.3) is 18.3 Å². The third-order valence-electron chi connectivity index (χ3n) is 7.14. The van der Waals surface area contributed by atoms with Crippen LogP contribution in [0.5, 0.6) is 0 Å². The minimum absolute atomic E-state index is 0.0468. The number of hydrogen-bond donors (Lipinski definition) is 3. The average molecular weight is 550 g/mol. The molecule has 2 aliphatic rings. The van der Waals surface area contributed by atoms with E-state index >= 15 is 0 Å². The highest BCUT2D eigenvalue weighted by atomic mass is 19.3. The van der Waals surface area contributed by atoms with Crippen molar-refractivity contribution < 1.29 is 36.3 Å². The van der Waals surface area contributed by atoms with E-state index in [1.165, 1.54) is 0 Å². The zero-order valence-corrected chi connectivity index (χ0v) is 20.4. The lowest BCUT2D eigenvalue weighted by molar-refractivity contribution is -0.145. The van der Waals surface area contributed by atoms with Crippen LogP contribution in [-0.2, 0) is 9.59 Å². The minimum Gasteiger partial charge on any atom is -0.356 e. The van der Waals surface area contributed by atoms with Crippen LogP contribution in [0.2, 0.25) is 0 Å². The fraction of sp³-hybridized carbons (Fsp3) is 0.462. The van der Waals surface area contributed by atoms with Crippen LogP contribution in [0.25, 0.3) is 10.9 Å². The van der Waals surface area contributed by atoms with E-state index < -0.39 is 78.8 Å². The summed E-state index contributed by atoms with van der Waals surface area (Å²) in [4.78, 5) is 42.0. The first-order chi connectivity index (χ1) is 18.4. The van der Waals surface area contributed by atoms with E-state index in [1.807, 2.05) is 6.07 Å². The van der Waals surface area contributed by atoms with E-state index in [0.717, 1.165) is 17.0 Å². The van der Waals surface area contributed by atoms with E-state index in [4.69, 9.17) is 6.42 Å². The smallest absolute Gasteiger partial charge is 0.271 e. The SMILES string of the molecule is C#CCC1CN(C(=O)c2cc3c(C(F)F)cc(F)cc3[nH]2)[C@H](C(=O)N[C@H](C#N)C[C@@H]2CCNC2=O)CC1(F)F. The number of fused-ring (bicyclic) bond motifs is 1. The maximum Gasteiger partial charge on any atom is 0.271 e. The zero-order chi connectivity index (χ0) is 28.5. The highest BCUT2D eigenvalue weighted by Gasteiger charge is 2.52. The Labute approximate surface area is 219 Å². The molecule has 0 saturated carbocycles. The van der Waals surface area contributed by atoms with Gasteiger partial charge in [0.1, 0.15) is 23.6 Å². The molecule has 3 N–H and O–H groups in total. The second-order valence-corrected chi connectivity index (χ2v) is 9.69. The molecule has 3 amide bonds. The lowest BCUT2D eigenvalue weighted by Crippen LogP contribution is -2.60. The number of benzene rings is 1. The predicted molar refractivity (Wildman–Crippen MR) is 128 cm³/mol. The van der Waals surface area contributed by atoms with E-state index in [0.29, 0.717) is 19.0 Å². The Morgan fingerprint density at radius 3 is 2.64 bits per heavy atom. The van der Waals surface area contributed by atoms with Crippen molar-refractivity contribution in [3.8, 4) is 18.4 Å². The summed E-state index contributed by atoms with van der Waals surface area (Å²) in [5.74, 6) is -6.61. The van der Waals surface area contributed by atoms with Crippen LogP contribution in [0.3, 0.4) is 0 Å². The van der Waals surface area contributed by atoms with Crippen LogP contribution >= 0.6 is 0 Å². The molecule has 2 aromatic rings. The van der Waals surface area contributed by atoms with E-state index in [1.54, 1.807) is 0 Å². The largest absolute Gasteiger partial charge is 0.356 e. The molecule has 206 valence electrons. The number of likely N-dealkylation sites (tertiary alicyclic amines) is 1. The Morgan fingerprint density at radius 1 is 1.28 bits per heavy atom. The molecule has 13 heteroatoms. The molecular formula is C26H24F5N5O3. The molecule has 2 fully saturated rings. The lowest BCUT2D eigenvalue weighted by Gasteiger charge is -2.42. The minimum atomic E-state index is -3.44. The first kappa shape index (κ1) is 27.9. The second kappa shape index (κ2) is 10.9. The number of aromatic nitrogens is 1. The highest BCUT2D eigenvalue weighted by molar-refractivity contribution is 6.01. The second-order valence-electron chi connectivity index (χ2n) is 9.69. The molecule has 0 aliphatic carbocycles. The number of terminal acetylenes is 1. The molecule has 3 heterocycles. The van der Waals surface area contributed by atoms with Crippen LogP contribution in [0, 0.1) is 41.3 Å². The maximum absolute atomic E-state index is 15.0. The first-order valence-electron chi connectivity index (χ1n) is 12.2. The number of carbonyl (C=O) groups excluding carboxylic acids is 3. The molecule has 0 radical (unpaired) electrons. The first-order valence-corrected chi connectivity index (χ1v) is 12.2. The standard InChI is InChI=1S/C26H24F5N5O3/c1-2-3-14-12-36(25(39)20-9-17-18(22(28)29)7-15(27)8-19(17)35-20)21(10-26(14,30)31)24(38)34-16(11-32)6-13-4-5-33-23(13)37/h1,7-9,13-14,16,21-22,35H,3-6,10,12H2,(H,33,37)(H,34,38)/t13-,14?,16-,21-/m0/s1. The van der Waals surface area contributed by atoms with Crippen molar-refractivity contribution in [2.75, 3.05) is 13.1 Å². The number of aromatic amines is 1. The van der Waals surface area contributed by atoms with Gasteiger partial charge in [-0.2, -0.15) is 5.26 Å². The molecule has 0 spiro atoms. The number of hydrogen-bond acceptors (Lipinski definition) is 4. The molecule has 4 atom stereocenters. The van der Waals surface area contributed by atoms with Crippen molar-refractivity contribution in [1.29, 1.82) is 5.26 Å². The summed E-state index contributed by atoms with van der Waals surface area (Å²) in [5, 5.41) is 14.3. The normalized spacial score (nSPS) is 23.2. The van der Waals surface area contributed by atoms with Gasteiger partial charge < -0.3 is 20.5 Å². The van der Waals surface area contributed by atoms with Gasteiger partial charge in [-0.05, 0) is 31.0 Å². The number of nitriles is 1. The monoisotopic (exact) mass is 549 g/mol. The quantitative estimate of drug-likeness (QED) is 0.363. The van der Waals surface area contributed by atoms with Crippen LogP contribution < -0.4 is 10.6 Å². The Balaban J connectivity index is 1.65. The van der Waals surface area contributed by atoms with Crippen molar-refractivity contribution in [1.82, 2.24) is 20.5 Å². The summed E-state index contributed by atoms with van der Waals surface area (Å²) in [7, 11) is 0. The highest BCUT2D eigenvalue weighted by Crippen LogP contribution is 2.39. The fourth-order valence-electron chi connectivity index (χ4n) is 5.09. The number of H-pyrrole nitrogens is 1. The summed E-state index contributed by atoms with van der Waals surface area (Å²) in [6.07, 6.45) is 1.07. The average Bonchev–Trinajstić information content (AvgIpc) is 3.49. The van der Waals surface area contributed by atoms with Crippen molar-refractivity contribution in [3.63, 3.8) is 0 Å². The number of nitrogens with zero attached hydrogens (tertiary/aromatic N) is 2. The third-order valence-corrected chi connectivity index (χ3v) is 7.14. The van der Waals surface area contributed by atoms with E-state index in [2.05, 4.69) is 21.5 Å². The summed E-state index contributed by atoms with van der Waals surface area (Å²) in [6, 6.07) is 1.49. The maximum atomic E-state index is 15.0. The summed E-state index contributed by atoms with van der Waals surface area (Å²) >= 11 is 0. The Hall–Kier alpha value is -4.13. The molecule has 0 bridgehead atoms. The lowest BCUT2D eigenvalue weighted by atomic mass is 9.85. The number of amides is 3. The fourth-order valence-corrected chi connectivity index (χ4v) is 5.09. The van der Waals surface area contributed by atoms with E-state index in [-0.39, 0.29) is 28.9 Å². The molecular weight excluding hydrogens is 525 g/mol. The van der Waals surface area contributed by atoms with Crippen molar-refractivity contribution in [2.24, 2.45) is 11.8 Å². The molecule has 39 heavy (non-hydrogen) atoms. The van der Waals surface area contributed by atoms with Gasteiger partial charge in [-0.25, -0.2) is 22.0 Å². The third kappa shape index (κ3) is 5.67. The molecule has 4 rings (SSSR count). The molecule has 1 unspecified atom stereocenters. The number of piperidine rings is 1. The topological polar surface area (TPSA) is 118 Å². The van der Waals surface area contributed by atoms with E-state index in [9.17, 15) is 41.6 Å². The molecule has 2 aliphatic heterocycles. The predicted octanol–water partition coefficient (Wildman–Crippen LogP) is 3.27. The van der Waals surface area contributed by atoms with Gasteiger partial charge in [-0.15, -0.1) is 12.3 Å². The molecule has 1 aromatic heterocycles.